The molecule has 0 heterocycles. The van der Waals surface area contributed by atoms with Crippen LogP contribution in [0, 0.1) is 21.0 Å². The summed E-state index contributed by atoms with van der Waals surface area (Å²) >= 11 is 2.64. The highest BCUT2D eigenvalue weighted by atomic mass is 127. The van der Waals surface area contributed by atoms with Crippen molar-refractivity contribution in [2.24, 2.45) is 0 Å². The van der Waals surface area contributed by atoms with Crippen LogP contribution in [0.25, 0.3) is 0 Å². The first kappa shape index (κ1) is 33.0. The van der Waals surface area contributed by atoms with Crippen LogP contribution in [0.4, 0.5) is 52.7 Å². The Morgan fingerprint density at radius 3 is 0.917 bits per heavy atom. The van der Waals surface area contributed by atoms with Gasteiger partial charge in [0.2, 0.25) is 0 Å². The van der Waals surface area contributed by atoms with Gasteiger partial charge in [0.15, 0.2) is 0 Å². The molecule has 16 heteroatoms. The van der Waals surface area contributed by atoms with Crippen LogP contribution >= 0.6 is 45.2 Å². The third kappa shape index (κ3) is 6.33. The summed E-state index contributed by atoms with van der Waals surface area (Å²) in [5, 5.41) is 18.4. The molecular weight excluding hydrogens is 754 g/mol. The van der Waals surface area contributed by atoms with E-state index in [0.717, 1.165) is 12.1 Å². The van der Waals surface area contributed by atoms with Gasteiger partial charge in [-0.2, -0.15) is 52.7 Å². The van der Waals surface area contributed by atoms with Gasteiger partial charge in [-0.1, -0.05) is 35.4 Å². The van der Waals surface area contributed by atoms with Gasteiger partial charge < -0.3 is 10.2 Å². The molecule has 2 N–H and O–H groups in total. The molecule has 0 aliphatic rings. The maximum absolute atomic E-state index is 12.6. The standard InChI is InChI=1S/2C10H7F6IO/c2*1-5-2-3-7(17)6(4-5)8(18,9(11,12)13)10(14,15)16/h2*2-4,18H,1H3. The minimum atomic E-state index is -5.85. The molecule has 2 aromatic carbocycles. The molecule has 0 fully saturated rings. The molecule has 0 bridgehead atoms. The molecule has 2 aromatic rings. The largest absolute Gasteiger partial charge is 0.430 e. The Balaban J connectivity index is 0.000000360. The molecule has 0 aromatic heterocycles. The van der Waals surface area contributed by atoms with Crippen molar-refractivity contribution < 1.29 is 62.9 Å². The van der Waals surface area contributed by atoms with E-state index in [4.69, 9.17) is 0 Å². The lowest BCUT2D eigenvalue weighted by Crippen LogP contribution is -2.54. The van der Waals surface area contributed by atoms with Crippen LogP contribution in [0.3, 0.4) is 0 Å². The Labute approximate surface area is 223 Å². The normalized spacial score (nSPS) is 13.8. The molecule has 2 nitrogen and oxygen atoms in total. The van der Waals surface area contributed by atoms with Gasteiger partial charge in [-0.3, -0.25) is 0 Å². The molecule has 0 amide bonds. The maximum atomic E-state index is 12.6. The van der Waals surface area contributed by atoms with Crippen molar-refractivity contribution in [2.75, 3.05) is 0 Å². The smallest absolute Gasteiger partial charge is 0.369 e. The van der Waals surface area contributed by atoms with Crippen LogP contribution in [0.5, 0.6) is 0 Å². The third-order valence-electron chi connectivity index (χ3n) is 4.66. The summed E-state index contributed by atoms with van der Waals surface area (Å²) in [5.74, 6) is 0. The first-order chi connectivity index (χ1) is 15.8. The lowest BCUT2D eigenvalue weighted by atomic mass is 9.91. The van der Waals surface area contributed by atoms with E-state index in [2.05, 4.69) is 0 Å². The van der Waals surface area contributed by atoms with Crippen LogP contribution in [-0.2, 0) is 11.2 Å². The SMILES string of the molecule is Cc1ccc(I)c(C(O)(C(F)(F)F)C(F)(F)F)c1.Cc1ccc(I)c(C(O)(C(F)(F)F)C(F)(F)F)c1. The van der Waals surface area contributed by atoms with E-state index in [1.165, 1.54) is 71.2 Å². The minimum Gasteiger partial charge on any atom is -0.369 e. The quantitative estimate of drug-likeness (QED) is 0.242. The predicted molar refractivity (Wildman–Crippen MR) is 120 cm³/mol. The molecule has 0 aliphatic heterocycles. The number of hydrogen-bond donors (Lipinski definition) is 2. The first-order valence-electron chi connectivity index (χ1n) is 9.07. The molecule has 36 heavy (non-hydrogen) atoms. The fraction of sp³-hybridized carbons (Fsp3) is 0.400. The van der Waals surface area contributed by atoms with Gasteiger partial charge in [0.1, 0.15) is 0 Å². The average molecular weight is 768 g/mol. The average Bonchev–Trinajstić information content (AvgIpc) is 2.67. The lowest BCUT2D eigenvalue weighted by molar-refractivity contribution is -0.377. The molecule has 0 radical (unpaired) electrons. The number of halogens is 14. The molecular formula is C20H14F12I2O2. The van der Waals surface area contributed by atoms with Crippen LogP contribution in [0.1, 0.15) is 22.3 Å². The van der Waals surface area contributed by atoms with E-state index < -0.39 is 47.0 Å². The summed E-state index contributed by atoms with van der Waals surface area (Å²) < 4.78 is 151. The second-order valence-corrected chi connectivity index (χ2v) is 9.70. The number of rotatable bonds is 2. The van der Waals surface area contributed by atoms with Crippen LogP contribution in [-0.4, -0.2) is 34.9 Å². The number of benzene rings is 2. The number of hydrogen-bond acceptors (Lipinski definition) is 2. The molecule has 0 spiro atoms. The van der Waals surface area contributed by atoms with Gasteiger partial charge in [-0.15, -0.1) is 0 Å². The summed E-state index contributed by atoms with van der Waals surface area (Å²) in [4.78, 5) is 0. The second-order valence-electron chi connectivity index (χ2n) is 7.38. The van der Waals surface area contributed by atoms with E-state index in [9.17, 15) is 62.9 Å². The zero-order valence-electron chi connectivity index (χ0n) is 17.7. The monoisotopic (exact) mass is 768 g/mol. The van der Waals surface area contributed by atoms with E-state index in [1.807, 2.05) is 0 Å². The Bertz CT molecular complexity index is 959. The number of aryl methyl sites for hydroxylation is 2. The maximum Gasteiger partial charge on any atom is 0.430 e. The van der Waals surface area contributed by atoms with Gasteiger partial charge in [0, 0.05) is 18.3 Å². The summed E-state index contributed by atoms with van der Waals surface area (Å²) in [5.41, 5.74) is -11.7. The Morgan fingerprint density at radius 1 is 0.500 bits per heavy atom. The van der Waals surface area contributed by atoms with Crippen molar-refractivity contribution in [3.8, 4) is 0 Å². The zero-order valence-corrected chi connectivity index (χ0v) is 22.0. The van der Waals surface area contributed by atoms with E-state index in [1.54, 1.807) is 0 Å². The van der Waals surface area contributed by atoms with Crippen molar-refractivity contribution in [2.45, 2.75) is 49.8 Å². The summed E-state index contributed by atoms with van der Waals surface area (Å²) in [7, 11) is 0. The molecule has 0 aliphatic carbocycles. The minimum absolute atomic E-state index is 0.192. The van der Waals surface area contributed by atoms with Crippen molar-refractivity contribution in [3.05, 3.63) is 65.8 Å². The van der Waals surface area contributed by atoms with E-state index in [0.29, 0.717) is 12.1 Å². The fourth-order valence-electron chi connectivity index (χ4n) is 2.76. The lowest BCUT2D eigenvalue weighted by Gasteiger charge is -2.33. The van der Waals surface area contributed by atoms with Gasteiger partial charge >= 0.3 is 24.7 Å². The summed E-state index contributed by atoms with van der Waals surface area (Å²) in [6, 6.07) is 6.27. The van der Waals surface area contributed by atoms with E-state index in [-0.39, 0.29) is 18.3 Å². The topological polar surface area (TPSA) is 40.5 Å². The highest BCUT2D eigenvalue weighted by Crippen LogP contribution is 2.52. The molecule has 2 rings (SSSR count). The molecule has 0 saturated carbocycles. The number of aliphatic hydroxyl groups is 2. The molecule has 0 saturated heterocycles. The van der Waals surface area contributed by atoms with Gasteiger partial charge in [0.25, 0.3) is 11.2 Å². The molecule has 0 atom stereocenters. The highest BCUT2D eigenvalue weighted by molar-refractivity contribution is 14.1. The Hall–Kier alpha value is -1.02. The van der Waals surface area contributed by atoms with Gasteiger partial charge in [0.05, 0.1) is 0 Å². The third-order valence-corrected chi connectivity index (χ3v) is 6.55. The highest BCUT2D eigenvalue weighted by Gasteiger charge is 2.73. The second kappa shape index (κ2) is 10.6. The van der Waals surface area contributed by atoms with Gasteiger partial charge in [-0.05, 0) is 71.2 Å². The predicted octanol–water partition coefficient (Wildman–Crippen LogP) is 7.82. The zero-order chi connectivity index (χ0) is 28.7. The number of alkyl halides is 12. The fourth-order valence-corrected chi connectivity index (χ4v) is 4.22. The van der Waals surface area contributed by atoms with Crippen LogP contribution in [0.2, 0.25) is 0 Å². The Kier molecular flexibility index (Phi) is 9.74. The first-order valence-corrected chi connectivity index (χ1v) is 11.2. The van der Waals surface area contributed by atoms with Crippen molar-refractivity contribution in [3.63, 3.8) is 0 Å². The molecule has 0 unspecified atom stereocenters. The summed E-state index contributed by atoms with van der Waals surface area (Å²) in [6.45, 7) is 2.68. The van der Waals surface area contributed by atoms with E-state index >= 15 is 0 Å². The Morgan fingerprint density at radius 2 is 0.722 bits per heavy atom. The van der Waals surface area contributed by atoms with Crippen LogP contribution in [0.15, 0.2) is 36.4 Å². The van der Waals surface area contributed by atoms with Crippen molar-refractivity contribution in [1.82, 2.24) is 0 Å². The summed E-state index contributed by atoms with van der Waals surface area (Å²) in [6.07, 6.45) is -23.4. The van der Waals surface area contributed by atoms with Crippen molar-refractivity contribution in [1.29, 1.82) is 0 Å². The van der Waals surface area contributed by atoms with Crippen molar-refractivity contribution >= 4 is 45.2 Å². The van der Waals surface area contributed by atoms with Gasteiger partial charge in [-0.25, -0.2) is 0 Å². The van der Waals surface area contributed by atoms with Crippen LogP contribution < -0.4 is 0 Å². The molecule has 204 valence electrons.